The first-order chi connectivity index (χ1) is 9.49. The molecular formula is C15H20BrNO4. The number of ether oxygens (including phenoxy) is 2. The molecule has 0 aliphatic heterocycles. The van der Waals surface area contributed by atoms with Crippen molar-refractivity contribution in [3.63, 3.8) is 0 Å². The van der Waals surface area contributed by atoms with Gasteiger partial charge in [0.25, 0.3) is 0 Å². The zero-order chi connectivity index (χ0) is 16.3. The van der Waals surface area contributed by atoms with Gasteiger partial charge in [0.05, 0.1) is 0 Å². The fraction of sp³-hybridized carbons (Fsp3) is 0.467. The van der Waals surface area contributed by atoms with Gasteiger partial charge in [0.1, 0.15) is 16.9 Å². The molecule has 1 N–H and O–H groups in total. The second-order valence-corrected chi connectivity index (χ2v) is 7.01. The first kappa shape index (κ1) is 17.5. The number of benzene rings is 1. The summed E-state index contributed by atoms with van der Waals surface area (Å²) in [6.45, 7) is 8.36. The number of halogens is 1. The van der Waals surface area contributed by atoms with Gasteiger partial charge in [0.2, 0.25) is 0 Å². The maximum Gasteiger partial charge on any atom is 0.408 e. The van der Waals surface area contributed by atoms with Gasteiger partial charge < -0.3 is 14.8 Å². The molecule has 1 amide bonds. The number of carbonyl (C=O) groups excluding carboxylic acids is 2. The molecule has 116 valence electrons. The van der Waals surface area contributed by atoms with Crippen LogP contribution in [0.15, 0.2) is 28.7 Å². The Morgan fingerprint density at radius 3 is 2.05 bits per heavy atom. The number of amides is 1. The predicted octanol–water partition coefficient (Wildman–Crippen LogP) is 3.66. The lowest BCUT2D eigenvalue weighted by atomic mass is 10.1. The summed E-state index contributed by atoms with van der Waals surface area (Å²) in [5.74, 6) is -0.169. The van der Waals surface area contributed by atoms with Crippen LogP contribution >= 0.6 is 15.9 Å². The van der Waals surface area contributed by atoms with Crippen molar-refractivity contribution in [2.45, 2.75) is 45.8 Å². The number of esters is 1. The minimum absolute atomic E-state index is 0.405. The largest absolute Gasteiger partial charge is 0.444 e. The van der Waals surface area contributed by atoms with Crippen molar-refractivity contribution < 1.29 is 19.1 Å². The lowest BCUT2D eigenvalue weighted by molar-refractivity contribution is -0.140. The number of hydrogen-bond acceptors (Lipinski definition) is 4. The number of hydrogen-bond donors (Lipinski definition) is 1. The Bertz CT molecular complexity index is 517. The lowest BCUT2D eigenvalue weighted by Crippen LogP contribution is -2.52. The molecule has 0 unspecified atom stereocenters. The molecule has 0 bridgehead atoms. The zero-order valence-corrected chi connectivity index (χ0v) is 14.4. The highest BCUT2D eigenvalue weighted by atomic mass is 79.9. The van der Waals surface area contributed by atoms with Gasteiger partial charge in [-0.1, -0.05) is 15.9 Å². The molecule has 1 aromatic rings. The van der Waals surface area contributed by atoms with E-state index in [0.717, 1.165) is 4.47 Å². The fourth-order valence-corrected chi connectivity index (χ4v) is 1.61. The van der Waals surface area contributed by atoms with Gasteiger partial charge in [0, 0.05) is 4.47 Å². The second kappa shape index (κ2) is 6.47. The molecule has 0 radical (unpaired) electrons. The molecule has 0 aliphatic rings. The van der Waals surface area contributed by atoms with E-state index in [1.54, 1.807) is 58.9 Å². The van der Waals surface area contributed by atoms with Crippen molar-refractivity contribution in [1.29, 1.82) is 0 Å². The van der Waals surface area contributed by atoms with E-state index in [1.165, 1.54) is 0 Å². The molecule has 21 heavy (non-hydrogen) atoms. The van der Waals surface area contributed by atoms with E-state index >= 15 is 0 Å². The van der Waals surface area contributed by atoms with Crippen LogP contribution in [-0.2, 0) is 9.53 Å². The summed E-state index contributed by atoms with van der Waals surface area (Å²) in [7, 11) is 0. The van der Waals surface area contributed by atoms with Crippen molar-refractivity contribution in [3.05, 3.63) is 28.7 Å². The molecule has 5 nitrogen and oxygen atoms in total. The van der Waals surface area contributed by atoms with Gasteiger partial charge in [-0.05, 0) is 58.9 Å². The number of alkyl carbamates (subject to hydrolysis) is 1. The normalized spacial score (nSPS) is 11.7. The molecule has 1 aromatic carbocycles. The third-order valence-electron chi connectivity index (χ3n) is 2.35. The summed E-state index contributed by atoms with van der Waals surface area (Å²) in [4.78, 5) is 23.8. The van der Waals surface area contributed by atoms with Crippen LogP contribution in [0, 0.1) is 0 Å². The molecule has 0 spiro atoms. The molecule has 0 heterocycles. The van der Waals surface area contributed by atoms with Crippen molar-refractivity contribution in [2.75, 3.05) is 0 Å². The average molecular weight is 358 g/mol. The van der Waals surface area contributed by atoms with E-state index in [-0.39, 0.29) is 0 Å². The first-order valence-electron chi connectivity index (χ1n) is 6.49. The third-order valence-corrected chi connectivity index (χ3v) is 2.88. The molecule has 6 heteroatoms. The van der Waals surface area contributed by atoms with Crippen LogP contribution in [0.2, 0.25) is 0 Å². The van der Waals surface area contributed by atoms with Gasteiger partial charge in [-0.25, -0.2) is 9.59 Å². The van der Waals surface area contributed by atoms with Gasteiger partial charge in [-0.3, -0.25) is 0 Å². The van der Waals surface area contributed by atoms with E-state index in [2.05, 4.69) is 21.2 Å². The van der Waals surface area contributed by atoms with Crippen molar-refractivity contribution in [2.24, 2.45) is 0 Å². The van der Waals surface area contributed by atoms with Crippen LogP contribution in [0.4, 0.5) is 4.79 Å². The Balaban J connectivity index is 2.66. The molecular weight excluding hydrogens is 338 g/mol. The minimum atomic E-state index is -1.20. The number of carbonyl (C=O) groups is 2. The zero-order valence-electron chi connectivity index (χ0n) is 12.8. The Morgan fingerprint density at radius 1 is 1.05 bits per heavy atom. The SMILES string of the molecule is CC(C)(C)OC(=O)NC(C)(C)C(=O)Oc1ccc(Br)cc1. The molecule has 1 rings (SSSR count). The number of rotatable bonds is 3. The van der Waals surface area contributed by atoms with E-state index in [0.29, 0.717) is 5.75 Å². The molecule has 0 aliphatic carbocycles. The summed E-state index contributed by atoms with van der Waals surface area (Å²) in [5.41, 5.74) is -1.83. The van der Waals surface area contributed by atoms with Crippen molar-refractivity contribution in [1.82, 2.24) is 5.32 Å². The monoisotopic (exact) mass is 357 g/mol. The summed E-state index contributed by atoms with van der Waals surface area (Å²) in [6.07, 6.45) is -0.666. The molecule has 0 saturated heterocycles. The van der Waals surface area contributed by atoms with E-state index < -0.39 is 23.2 Å². The lowest BCUT2D eigenvalue weighted by Gasteiger charge is -2.26. The third kappa shape index (κ3) is 6.16. The maximum atomic E-state index is 12.1. The Kier molecular flexibility index (Phi) is 5.39. The summed E-state index contributed by atoms with van der Waals surface area (Å²) >= 11 is 3.30. The second-order valence-electron chi connectivity index (χ2n) is 6.10. The van der Waals surface area contributed by atoms with Crippen LogP contribution in [0.1, 0.15) is 34.6 Å². The minimum Gasteiger partial charge on any atom is -0.444 e. The fourth-order valence-electron chi connectivity index (χ4n) is 1.35. The predicted molar refractivity (Wildman–Crippen MR) is 83.2 cm³/mol. The molecule has 0 fully saturated rings. The average Bonchev–Trinajstić information content (AvgIpc) is 2.28. The first-order valence-corrected chi connectivity index (χ1v) is 7.28. The van der Waals surface area contributed by atoms with Gasteiger partial charge in [-0.15, -0.1) is 0 Å². The standard InChI is InChI=1S/C15H20BrNO4/c1-14(2,3)21-13(19)17-15(4,5)12(18)20-11-8-6-10(16)7-9-11/h6-9H,1-5H3,(H,17,19). The highest BCUT2D eigenvalue weighted by molar-refractivity contribution is 9.10. The van der Waals surface area contributed by atoms with Crippen LogP contribution in [0.3, 0.4) is 0 Å². The van der Waals surface area contributed by atoms with E-state index in [9.17, 15) is 9.59 Å². The van der Waals surface area contributed by atoms with Gasteiger partial charge in [-0.2, -0.15) is 0 Å². The van der Waals surface area contributed by atoms with Crippen LogP contribution in [0.5, 0.6) is 5.75 Å². The van der Waals surface area contributed by atoms with E-state index in [4.69, 9.17) is 9.47 Å². The highest BCUT2D eigenvalue weighted by Gasteiger charge is 2.33. The summed E-state index contributed by atoms with van der Waals surface area (Å²) in [6, 6.07) is 6.84. The summed E-state index contributed by atoms with van der Waals surface area (Å²) in [5, 5.41) is 2.50. The van der Waals surface area contributed by atoms with Gasteiger partial charge >= 0.3 is 12.1 Å². The van der Waals surface area contributed by atoms with Gasteiger partial charge in [0.15, 0.2) is 0 Å². The maximum absolute atomic E-state index is 12.1. The summed E-state index contributed by atoms with van der Waals surface area (Å²) < 4.78 is 11.2. The Labute approximate surface area is 133 Å². The van der Waals surface area contributed by atoms with Crippen LogP contribution in [0.25, 0.3) is 0 Å². The van der Waals surface area contributed by atoms with Crippen LogP contribution in [-0.4, -0.2) is 23.2 Å². The topological polar surface area (TPSA) is 64.6 Å². The van der Waals surface area contributed by atoms with Crippen molar-refractivity contribution >= 4 is 28.0 Å². The highest BCUT2D eigenvalue weighted by Crippen LogP contribution is 2.18. The van der Waals surface area contributed by atoms with Crippen molar-refractivity contribution in [3.8, 4) is 5.75 Å². The Morgan fingerprint density at radius 2 is 1.57 bits per heavy atom. The molecule has 0 aromatic heterocycles. The quantitative estimate of drug-likeness (QED) is 0.662. The number of nitrogens with one attached hydrogen (secondary N) is 1. The molecule has 0 atom stereocenters. The Hall–Kier alpha value is -1.56. The van der Waals surface area contributed by atoms with E-state index in [1.807, 2.05) is 0 Å². The van der Waals surface area contributed by atoms with Crippen LogP contribution < -0.4 is 10.1 Å². The smallest absolute Gasteiger partial charge is 0.408 e. The molecule has 0 saturated carbocycles.